The predicted octanol–water partition coefficient (Wildman–Crippen LogP) is -2.44. The molecule has 9 heteroatoms. The minimum atomic E-state index is -0.287. The first-order chi connectivity index (χ1) is 6.26. The number of nitrogens with zero attached hydrogens (tertiary/aromatic N) is 5. The third-order valence-electron chi connectivity index (χ3n) is 0.773. The van der Waals surface area contributed by atoms with Crippen LogP contribution in [-0.2, 0) is 0 Å². The lowest BCUT2D eigenvalue weighted by Crippen LogP contribution is -2.52. The van der Waals surface area contributed by atoms with E-state index in [0.717, 1.165) is 5.12 Å². The summed E-state index contributed by atoms with van der Waals surface area (Å²) in [5, 5.41) is 28.4. The van der Waals surface area contributed by atoms with Gasteiger partial charge in [-0.25, -0.2) is 16.3 Å². The molecular weight excluding hydrogens is 174 g/mol. The topological polar surface area (TPSA) is 149 Å². The van der Waals surface area contributed by atoms with Crippen molar-refractivity contribution in [3.63, 3.8) is 0 Å². The van der Waals surface area contributed by atoms with Gasteiger partial charge in [-0.2, -0.15) is 15.8 Å². The van der Waals surface area contributed by atoms with E-state index in [1.807, 2.05) is 16.3 Å². The maximum atomic E-state index is 8.19. The fourth-order valence-electron chi connectivity index (χ4n) is 0.375. The first-order valence-electron chi connectivity index (χ1n) is 2.83. The van der Waals surface area contributed by atoms with Gasteiger partial charge >= 0.3 is 0 Å². The van der Waals surface area contributed by atoms with Gasteiger partial charge in [-0.3, -0.25) is 0 Å². The molecule has 0 saturated heterocycles. The lowest BCUT2D eigenvalue weighted by molar-refractivity contribution is 0.306. The van der Waals surface area contributed by atoms with Crippen LogP contribution in [0.2, 0.25) is 0 Å². The highest BCUT2D eigenvalue weighted by molar-refractivity contribution is 5.77. The molecule has 0 aliphatic rings. The molecule has 0 atom stereocenters. The molecule has 0 saturated carbocycles. The number of rotatable bonds is 3. The van der Waals surface area contributed by atoms with Crippen LogP contribution in [0.25, 0.3) is 0 Å². The van der Waals surface area contributed by atoms with Crippen LogP contribution >= 0.6 is 0 Å². The van der Waals surface area contributed by atoms with Gasteiger partial charge < -0.3 is 5.73 Å². The van der Waals surface area contributed by atoms with E-state index in [1.165, 1.54) is 18.6 Å². The lowest BCUT2D eigenvalue weighted by Gasteiger charge is -2.16. The van der Waals surface area contributed by atoms with Crippen molar-refractivity contribution in [2.45, 2.75) is 0 Å². The zero-order chi connectivity index (χ0) is 10.1. The van der Waals surface area contributed by atoms with E-state index in [-0.39, 0.29) is 5.96 Å². The van der Waals surface area contributed by atoms with Crippen LogP contribution in [0, 0.1) is 34.4 Å². The van der Waals surface area contributed by atoms with Crippen LogP contribution in [0.15, 0.2) is 5.10 Å². The van der Waals surface area contributed by atoms with E-state index >= 15 is 0 Å². The number of nitriles is 3. The highest BCUT2D eigenvalue weighted by Gasteiger charge is 2.04. The summed E-state index contributed by atoms with van der Waals surface area (Å²) in [7, 11) is 0. The molecule has 0 aromatic heterocycles. The van der Waals surface area contributed by atoms with Crippen molar-refractivity contribution >= 4 is 5.96 Å². The number of hydrazone groups is 1. The maximum Gasteiger partial charge on any atom is 0.254 e. The normalized spacial score (nSPS) is 8.54. The summed E-state index contributed by atoms with van der Waals surface area (Å²) >= 11 is 0. The molecule has 0 aromatic carbocycles. The van der Waals surface area contributed by atoms with Crippen LogP contribution in [0.4, 0.5) is 0 Å². The summed E-state index contributed by atoms with van der Waals surface area (Å²) in [5.41, 5.74) is 11.1. The lowest BCUT2D eigenvalue weighted by atomic mass is 11.0. The summed E-state index contributed by atoms with van der Waals surface area (Å²) in [6.07, 6.45) is 4.47. The van der Waals surface area contributed by atoms with Crippen LogP contribution in [-0.4, -0.2) is 11.1 Å². The fraction of sp³-hybridized carbons (Fsp3) is 0. The Labute approximate surface area is 73.6 Å². The van der Waals surface area contributed by atoms with Gasteiger partial charge in [0, 0.05) is 0 Å². The predicted molar refractivity (Wildman–Crippen MR) is 39.7 cm³/mol. The van der Waals surface area contributed by atoms with E-state index in [4.69, 9.17) is 21.5 Å². The Morgan fingerprint density at radius 3 is 2.08 bits per heavy atom. The number of hydrogen-bond acceptors (Lipinski definition) is 7. The number of hydrogen-bond donors (Lipinski definition) is 4. The molecule has 0 spiro atoms. The second-order valence-corrected chi connectivity index (χ2v) is 1.48. The van der Waals surface area contributed by atoms with Crippen molar-refractivity contribution in [1.82, 2.24) is 21.4 Å². The van der Waals surface area contributed by atoms with Crippen LogP contribution in [0.5, 0.6) is 0 Å². The fourth-order valence-corrected chi connectivity index (χ4v) is 0.375. The first-order valence-corrected chi connectivity index (χ1v) is 2.83. The van der Waals surface area contributed by atoms with Crippen LogP contribution in [0.1, 0.15) is 0 Å². The van der Waals surface area contributed by atoms with Crippen molar-refractivity contribution in [3.05, 3.63) is 0 Å². The Hall–Kier alpha value is -2.86. The smallest absolute Gasteiger partial charge is 0.254 e. The van der Waals surface area contributed by atoms with Crippen LogP contribution < -0.4 is 22.0 Å². The molecule has 0 aliphatic heterocycles. The molecule has 0 aromatic rings. The summed E-state index contributed by atoms with van der Waals surface area (Å²) in [4.78, 5) is 0. The van der Waals surface area contributed by atoms with Gasteiger partial charge in [-0.05, 0) is 0 Å². The zero-order valence-electron chi connectivity index (χ0n) is 6.31. The van der Waals surface area contributed by atoms with Gasteiger partial charge in [0.05, 0.1) is 0 Å². The zero-order valence-corrected chi connectivity index (χ0v) is 6.31. The molecular formula is C4H5N9. The van der Waals surface area contributed by atoms with Crippen LogP contribution in [0.3, 0.4) is 0 Å². The number of guanidine groups is 1. The SMILES string of the molecule is N#CN/N=C(\N)N(NC#N)NC#N. The van der Waals surface area contributed by atoms with Gasteiger partial charge in [-0.15, -0.1) is 10.2 Å². The Kier molecular flexibility index (Phi) is 4.59. The highest BCUT2D eigenvalue weighted by Crippen LogP contribution is 1.72. The largest absolute Gasteiger partial charge is 0.365 e. The van der Waals surface area contributed by atoms with Gasteiger partial charge in [0.25, 0.3) is 5.96 Å². The third kappa shape index (κ3) is 3.75. The van der Waals surface area contributed by atoms with Gasteiger partial charge in [-0.1, -0.05) is 0 Å². The number of nitrogens with one attached hydrogen (secondary N) is 3. The molecule has 66 valence electrons. The van der Waals surface area contributed by atoms with Crippen molar-refractivity contribution in [2.75, 3.05) is 0 Å². The summed E-state index contributed by atoms with van der Waals surface area (Å²) in [6.45, 7) is 0. The molecule has 0 heterocycles. The third-order valence-corrected chi connectivity index (χ3v) is 0.773. The van der Waals surface area contributed by atoms with E-state index in [1.54, 1.807) is 0 Å². The molecule has 0 fully saturated rings. The molecule has 0 radical (unpaired) electrons. The maximum absolute atomic E-state index is 8.19. The molecule has 0 bridgehead atoms. The van der Waals surface area contributed by atoms with E-state index < -0.39 is 0 Å². The first kappa shape index (κ1) is 10.1. The summed E-state index contributed by atoms with van der Waals surface area (Å²) in [6, 6.07) is 0. The number of hydrazine groups is 2. The molecule has 9 nitrogen and oxygen atoms in total. The molecule has 0 rings (SSSR count). The average Bonchev–Trinajstić information content (AvgIpc) is 2.14. The molecule has 5 N–H and O–H groups in total. The Bertz CT molecular complexity index is 281. The monoisotopic (exact) mass is 179 g/mol. The molecule has 0 amide bonds. The minimum Gasteiger partial charge on any atom is -0.365 e. The summed E-state index contributed by atoms with van der Waals surface area (Å²) in [5.74, 6) is -0.287. The second-order valence-electron chi connectivity index (χ2n) is 1.48. The number of nitrogens with two attached hydrogens (primary N) is 1. The molecule has 13 heavy (non-hydrogen) atoms. The highest BCUT2D eigenvalue weighted by atomic mass is 15.8. The van der Waals surface area contributed by atoms with Gasteiger partial charge in [0.2, 0.25) is 0 Å². The van der Waals surface area contributed by atoms with Crippen molar-refractivity contribution in [3.8, 4) is 18.6 Å². The van der Waals surface area contributed by atoms with Gasteiger partial charge in [0.15, 0.2) is 18.6 Å². The van der Waals surface area contributed by atoms with Gasteiger partial charge in [0.1, 0.15) is 0 Å². The van der Waals surface area contributed by atoms with Crippen molar-refractivity contribution in [2.24, 2.45) is 10.8 Å². The van der Waals surface area contributed by atoms with E-state index in [9.17, 15) is 0 Å². The second kappa shape index (κ2) is 5.89. The molecule has 0 unspecified atom stereocenters. The van der Waals surface area contributed by atoms with E-state index in [2.05, 4.69) is 5.10 Å². The standard InChI is InChI=1S/C4H5N9/c5-1-9-12-4(8)13(10-2-6)11-3-7/h9-11H,(H2,8,12). The quantitative estimate of drug-likeness (QED) is 0.123. The summed E-state index contributed by atoms with van der Waals surface area (Å²) < 4.78 is 0. The Morgan fingerprint density at radius 2 is 1.69 bits per heavy atom. The minimum absolute atomic E-state index is 0.287. The van der Waals surface area contributed by atoms with Crippen molar-refractivity contribution in [1.29, 1.82) is 15.8 Å². The van der Waals surface area contributed by atoms with Crippen molar-refractivity contribution < 1.29 is 0 Å². The Morgan fingerprint density at radius 1 is 1.15 bits per heavy atom. The molecule has 0 aliphatic carbocycles. The average molecular weight is 179 g/mol. The Balaban J connectivity index is 4.31. The van der Waals surface area contributed by atoms with E-state index in [0.29, 0.717) is 0 Å².